The Hall–Kier alpha value is -0.300. The van der Waals surface area contributed by atoms with Crippen molar-refractivity contribution in [2.45, 2.75) is 40.5 Å². The summed E-state index contributed by atoms with van der Waals surface area (Å²) < 4.78 is 0. The summed E-state index contributed by atoms with van der Waals surface area (Å²) in [4.78, 5) is 0. The van der Waals surface area contributed by atoms with Crippen LogP contribution in [-0.2, 0) is 0 Å². The number of aliphatic hydroxyl groups is 1. The van der Waals surface area contributed by atoms with Crippen molar-refractivity contribution in [2.24, 2.45) is 11.8 Å². The van der Waals surface area contributed by atoms with Gasteiger partial charge >= 0.3 is 0 Å². The molecule has 0 spiro atoms. The zero-order chi connectivity index (χ0) is 9.56. The van der Waals surface area contributed by atoms with Gasteiger partial charge in [0, 0.05) is 6.61 Å². The molecule has 0 aliphatic heterocycles. The maximum atomic E-state index is 8.86. The Balaban J connectivity index is 3.66. The highest BCUT2D eigenvalue weighted by Crippen LogP contribution is 2.18. The summed E-state index contributed by atoms with van der Waals surface area (Å²) in [6.45, 7) is 8.91. The standard InChI is InChI=1S/C11H22O/c1-5-9(2)6-10(3)7-11(4)8-12/h5,10-12H,6-8H2,1-4H3/b9-5+/t10-,11-/m0/s1. The van der Waals surface area contributed by atoms with E-state index >= 15 is 0 Å². The number of aliphatic hydroxyl groups excluding tert-OH is 1. The molecular formula is C11H22O. The Bertz CT molecular complexity index is 138. The van der Waals surface area contributed by atoms with E-state index in [1.807, 2.05) is 0 Å². The van der Waals surface area contributed by atoms with E-state index in [4.69, 9.17) is 5.11 Å². The summed E-state index contributed by atoms with van der Waals surface area (Å²) in [7, 11) is 0. The highest BCUT2D eigenvalue weighted by molar-refractivity contribution is 4.96. The number of allylic oxidation sites excluding steroid dienone is 2. The second kappa shape index (κ2) is 6.24. The van der Waals surface area contributed by atoms with Crippen LogP contribution < -0.4 is 0 Å². The molecule has 0 aliphatic rings. The van der Waals surface area contributed by atoms with Gasteiger partial charge < -0.3 is 5.11 Å². The van der Waals surface area contributed by atoms with Crippen LogP contribution in [0.5, 0.6) is 0 Å². The minimum atomic E-state index is 0.319. The summed E-state index contributed by atoms with van der Waals surface area (Å²) in [6, 6.07) is 0. The zero-order valence-corrected chi connectivity index (χ0v) is 8.80. The first-order valence-corrected chi connectivity index (χ1v) is 4.82. The van der Waals surface area contributed by atoms with Gasteiger partial charge in [-0.05, 0) is 38.5 Å². The van der Waals surface area contributed by atoms with Crippen LogP contribution in [0.2, 0.25) is 0 Å². The van der Waals surface area contributed by atoms with Crippen molar-refractivity contribution in [3.05, 3.63) is 11.6 Å². The summed E-state index contributed by atoms with van der Waals surface area (Å²) >= 11 is 0. The van der Waals surface area contributed by atoms with Gasteiger partial charge in [0.2, 0.25) is 0 Å². The molecule has 2 atom stereocenters. The van der Waals surface area contributed by atoms with Gasteiger partial charge in [-0.3, -0.25) is 0 Å². The molecule has 1 nitrogen and oxygen atoms in total. The van der Waals surface area contributed by atoms with Crippen LogP contribution in [0.4, 0.5) is 0 Å². The van der Waals surface area contributed by atoms with Gasteiger partial charge in [-0.2, -0.15) is 0 Å². The van der Waals surface area contributed by atoms with Crippen molar-refractivity contribution in [1.82, 2.24) is 0 Å². The van der Waals surface area contributed by atoms with Gasteiger partial charge in [-0.25, -0.2) is 0 Å². The van der Waals surface area contributed by atoms with Crippen LogP contribution in [0.15, 0.2) is 11.6 Å². The molecule has 0 fully saturated rings. The Morgan fingerprint density at radius 1 is 1.33 bits per heavy atom. The normalized spacial score (nSPS) is 17.6. The summed E-state index contributed by atoms with van der Waals surface area (Å²) in [5.74, 6) is 1.15. The van der Waals surface area contributed by atoms with Gasteiger partial charge in [-0.15, -0.1) is 0 Å². The lowest BCUT2D eigenvalue weighted by Crippen LogP contribution is -2.07. The van der Waals surface area contributed by atoms with Crippen molar-refractivity contribution in [1.29, 1.82) is 0 Å². The lowest BCUT2D eigenvalue weighted by atomic mass is 9.92. The molecule has 0 saturated heterocycles. The number of rotatable bonds is 5. The molecule has 12 heavy (non-hydrogen) atoms. The third-order valence-electron chi connectivity index (χ3n) is 2.28. The molecule has 0 aromatic carbocycles. The van der Waals surface area contributed by atoms with Gasteiger partial charge in [0.25, 0.3) is 0 Å². The third-order valence-corrected chi connectivity index (χ3v) is 2.28. The molecule has 0 heterocycles. The average molecular weight is 170 g/mol. The summed E-state index contributed by atoms with van der Waals surface area (Å²) in [6.07, 6.45) is 4.46. The molecule has 0 saturated carbocycles. The molecule has 0 unspecified atom stereocenters. The van der Waals surface area contributed by atoms with Crippen molar-refractivity contribution >= 4 is 0 Å². The van der Waals surface area contributed by atoms with Crippen LogP contribution in [0.3, 0.4) is 0 Å². The second-order valence-corrected chi connectivity index (χ2v) is 3.97. The van der Waals surface area contributed by atoms with E-state index in [1.54, 1.807) is 0 Å². The first-order chi connectivity index (χ1) is 5.60. The van der Waals surface area contributed by atoms with Crippen LogP contribution in [-0.4, -0.2) is 11.7 Å². The van der Waals surface area contributed by atoms with Crippen molar-refractivity contribution in [2.75, 3.05) is 6.61 Å². The Kier molecular flexibility index (Phi) is 6.09. The topological polar surface area (TPSA) is 20.2 Å². The smallest absolute Gasteiger partial charge is 0.0456 e. The van der Waals surface area contributed by atoms with Crippen molar-refractivity contribution in [3.8, 4) is 0 Å². The fraction of sp³-hybridized carbons (Fsp3) is 0.818. The summed E-state index contributed by atoms with van der Waals surface area (Å²) in [5.41, 5.74) is 1.45. The predicted molar refractivity (Wildman–Crippen MR) is 54.1 cm³/mol. The largest absolute Gasteiger partial charge is 0.396 e. The highest BCUT2D eigenvalue weighted by Gasteiger charge is 2.07. The van der Waals surface area contributed by atoms with Gasteiger partial charge in [-0.1, -0.05) is 25.5 Å². The van der Waals surface area contributed by atoms with Crippen LogP contribution >= 0.6 is 0 Å². The molecule has 0 rings (SSSR count). The van der Waals surface area contributed by atoms with Gasteiger partial charge in [0.15, 0.2) is 0 Å². The Labute approximate surface area is 76.5 Å². The molecule has 0 amide bonds. The monoisotopic (exact) mass is 170 g/mol. The van der Waals surface area contributed by atoms with E-state index in [2.05, 4.69) is 33.8 Å². The second-order valence-electron chi connectivity index (χ2n) is 3.97. The van der Waals surface area contributed by atoms with E-state index in [9.17, 15) is 0 Å². The van der Waals surface area contributed by atoms with Gasteiger partial charge in [0.05, 0.1) is 0 Å². The number of hydrogen-bond donors (Lipinski definition) is 1. The SMILES string of the molecule is C/C=C(\C)C[C@H](C)C[C@H](C)CO. The fourth-order valence-electron chi connectivity index (χ4n) is 1.51. The molecule has 0 aromatic heterocycles. The molecule has 0 radical (unpaired) electrons. The number of hydrogen-bond acceptors (Lipinski definition) is 1. The first kappa shape index (κ1) is 11.7. The average Bonchev–Trinajstić information content (AvgIpc) is 2.03. The molecule has 0 aliphatic carbocycles. The van der Waals surface area contributed by atoms with E-state index in [1.165, 1.54) is 12.0 Å². The van der Waals surface area contributed by atoms with Crippen LogP contribution in [0, 0.1) is 11.8 Å². The van der Waals surface area contributed by atoms with E-state index < -0.39 is 0 Å². The van der Waals surface area contributed by atoms with Crippen LogP contribution in [0.1, 0.15) is 40.5 Å². The van der Waals surface area contributed by atoms with Crippen LogP contribution in [0.25, 0.3) is 0 Å². The molecule has 1 heteroatoms. The molecule has 0 aromatic rings. The minimum Gasteiger partial charge on any atom is -0.396 e. The third kappa shape index (κ3) is 5.36. The fourth-order valence-corrected chi connectivity index (χ4v) is 1.51. The molecule has 0 bridgehead atoms. The van der Waals surface area contributed by atoms with E-state index in [-0.39, 0.29) is 0 Å². The lowest BCUT2D eigenvalue weighted by molar-refractivity contribution is 0.215. The van der Waals surface area contributed by atoms with Gasteiger partial charge in [0.1, 0.15) is 0 Å². The molecular weight excluding hydrogens is 148 g/mol. The van der Waals surface area contributed by atoms with Crippen molar-refractivity contribution in [3.63, 3.8) is 0 Å². The first-order valence-electron chi connectivity index (χ1n) is 4.82. The highest BCUT2D eigenvalue weighted by atomic mass is 16.3. The van der Waals surface area contributed by atoms with Crippen molar-refractivity contribution < 1.29 is 5.11 Å². The summed E-state index contributed by atoms with van der Waals surface area (Å²) in [5, 5.41) is 8.86. The molecule has 72 valence electrons. The zero-order valence-electron chi connectivity index (χ0n) is 8.80. The van der Waals surface area contributed by atoms with E-state index in [0.29, 0.717) is 18.4 Å². The van der Waals surface area contributed by atoms with E-state index in [0.717, 1.165) is 6.42 Å². The predicted octanol–water partition coefficient (Wildman–Crippen LogP) is 3.00. The quantitative estimate of drug-likeness (QED) is 0.629. The maximum Gasteiger partial charge on any atom is 0.0456 e. The lowest BCUT2D eigenvalue weighted by Gasteiger charge is -2.15. The Morgan fingerprint density at radius 3 is 2.33 bits per heavy atom. The Morgan fingerprint density at radius 2 is 1.92 bits per heavy atom. The molecule has 1 N–H and O–H groups in total. The minimum absolute atomic E-state index is 0.319. The maximum absolute atomic E-state index is 8.86.